The Morgan fingerprint density at radius 3 is 2.70 bits per heavy atom. The Bertz CT molecular complexity index is 834. The zero-order chi connectivity index (χ0) is 14.3. The van der Waals surface area contributed by atoms with Crippen molar-refractivity contribution < 1.29 is 0 Å². The largest absolute Gasteiger partial charge is 0.368 e. The molecule has 3 rings (SSSR count). The number of hydrogen-bond acceptors (Lipinski definition) is 4. The lowest BCUT2D eigenvalue weighted by molar-refractivity contribution is 0.861. The van der Waals surface area contributed by atoms with Crippen LogP contribution in [0.3, 0.4) is 0 Å². The van der Waals surface area contributed by atoms with E-state index in [2.05, 4.69) is 15.1 Å². The van der Waals surface area contributed by atoms with Gasteiger partial charge in [0.2, 0.25) is 5.95 Å². The number of hydrogen-bond donors (Lipinski definition) is 2. The number of halogens is 1. The van der Waals surface area contributed by atoms with Crippen LogP contribution in [0.2, 0.25) is 5.02 Å². The van der Waals surface area contributed by atoms with Crippen LogP contribution in [0.15, 0.2) is 29.1 Å². The van der Waals surface area contributed by atoms with Crippen LogP contribution in [0.1, 0.15) is 16.8 Å². The van der Waals surface area contributed by atoms with Crippen molar-refractivity contribution in [1.82, 2.24) is 19.6 Å². The van der Waals surface area contributed by atoms with Gasteiger partial charge in [0.15, 0.2) is 0 Å². The number of anilines is 1. The molecule has 0 saturated heterocycles. The summed E-state index contributed by atoms with van der Waals surface area (Å²) < 4.78 is 1.26. The second-order valence-electron chi connectivity index (χ2n) is 4.53. The normalized spacial score (nSPS) is 11.1. The minimum atomic E-state index is -0.188. The van der Waals surface area contributed by atoms with E-state index in [0.717, 1.165) is 5.56 Å². The molecule has 20 heavy (non-hydrogen) atoms. The summed E-state index contributed by atoms with van der Waals surface area (Å²) in [4.78, 5) is 20.6. The van der Waals surface area contributed by atoms with Gasteiger partial charge < -0.3 is 5.73 Å². The van der Waals surface area contributed by atoms with E-state index in [1.807, 2.05) is 12.1 Å². The first-order valence-electron chi connectivity index (χ1n) is 6.03. The monoisotopic (exact) mass is 289 g/mol. The van der Waals surface area contributed by atoms with E-state index in [-0.39, 0.29) is 17.3 Å². The van der Waals surface area contributed by atoms with Crippen molar-refractivity contribution in [2.45, 2.75) is 13.3 Å². The van der Waals surface area contributed by atoms with E-state index in [1.54, 1.807) is 19.1 Å². The van der Waals surface area contributed by atoms with Gasteiger partial charge in [0.25, 0.3) is 11.3 Å². The molecule has 7 heteroatoms. The van der Waals surface area contributed by atoms with Crippen molar-refractivity contribution in [3.8, 4) is 0 Å². The van der Waals surface area contributed by atoms with Gasteiger partial charge in [-0.05, 0) is 24.6 Å². The molecule has 0 spiro atoms. The molecule has 102 valence electrons. The Morgan fingerprint density at radius 2 is 2.00 bits per heavy atom. The lowest BCUT2D eigenvalue weighted by Crippen LogP contribution is -2.22. The second-order valence-corrected chi connectivity index (χ2v) is 4.96. The third-order valence-electron chi connectivity index (χ3n) is 3.11. The van der Waals surface area contributed by atoms with E-state index in [1.165, 1.54) is 4.52 Å². The zero-order valence-electron chi connectivity index (χ0n) is 10.7. The number of nitrogens with one attached hydrogen (secondary N) is 1. The summed E-state index contributed by atoms with van der Waals surface area (Å²) in [6.07, 6.45) is 0.483. The van der Waals surface area contributed by atoms with Gasteiger partial charge in [-0.15, -0.1) is 0 Å². The van der Waals surface area contributed by atoms with E-state index in [9.17, 15) is 4.79 Å². The summed E-state index contributed by atoms with van der Waals surface area (Å²) in [5.41, 5.74) is 7.60. The van der Waals surface area contributed by atoms with Gasteiger partial charge in [-0.25, -0.2) is 4.98 Å². The molecule has 0 radical (unpaired) electrons. The van der Waals surface area contributed by atoms with E-state index in [4.69, 9.17) is 17.3 Å². The number of benzene rings is 1. The highest BCUT2D eigenvalue weighted by atomic mass is 35.5. The van der Waals surface area contributed by atoms with Crippen LogP contribution in [-0.4, -0.2) is 19.6 Å². The first kappa shape index (κ1) is 12.7. The summed E-state index contributed by atoms with van der Waals surface area (Å²) in [5.74, 6) is 0.447. The Kier molecular flexibility index (Phi) is 2.94. The van der Waals surface area contributed by atoms with Gasteiger partial charge in [0.1, 0.15) is 0 Å². The highest BCUT2D eigenvalue weighted by Gasteiger charge is 2.12. The predicted molar refractivity (Wildman–Crippen MR) is 77.0 cm³/mol. The molecule has 1 aromatic carbocycles. The van der Waals surface area contributed by atoms with Crippen molar-refractivity contribution >= 4 is 23.3 Å². The fourth-order valence-corrected chi connectivity index (χ4v) is 2.21. The minimum absolute atomic E-state index is 0.164. The molecule has 3 N–H and O–H groups in total. The molecule has 0 aliphatic heterocycles. The number of rotatable bonds is 2. The summed E-state index contributed by atoms with van der Waals surface area (Å²) in [5, 5.41) is 3.34. The first-order valence-corrected chi connectivity index (χ1v) is 6.40. The third kappa shape index (κ3) is 2.14. The maximum absolute atomic E-state index is 12.4. The summed E-state index contributed by atoms with van der Waals surface area (Å²) in [7, 11) is 0. The topological polar surface area (TPSA) is 89.1 Å². The Labute approximate surface area is 119 Å². The highest BCUT2D eigenvalue weighted by Crippen LogP contribution is 2.13. The van der Waals surface area contributed by atoms with Crippen molar-refractivity contribution in [2.75, 3.05) is 5.73 Å². The number of aromatic amines is 1. The standard InChI is InChI=1S/C13H12ClN5O/c1-7-10(6-8-2-4-9(14)5-3-8)11(20)19-13(16-7)17-12(15)18-19/h2-5H,6H2,1H3,(H3,15,16,17,18). The molecule has 0 aliphatic carbocycles. The molecule has 0 amide bonds. The van der Waals surface area contributed by atoms with Gasteiger partial charge in [-0.3, -0.25) is 9.89 Å². The van der Waals surface area contributed by atoms with Gasteiger partial charge in [0, 0.05) is 17.0 Å². The van der Waals surface area contributed by atoms with Crippen LogP contribution in [0.25, 0.3) is 5.78 Å². The maximum atomic E-state index is 12.4. The third-order valence-corrected chi connectivity index (χ3v) is 3.36. The van der Waals surface area contributed by atoms with Gasteiger partial charge in [-0.2, -0.15) is 9.50 Å². The molecule has 0 fully saturated rings. The summed E-state index contributed by atoms with van der Waals surface area (Å²) in [6.45, 7) is 1.79. The fraction of sp³-hybridized carbons (Fsp3) is 0.154. The molecule has 2 heterocycles. The second kappa shape index (κ2) is 4.64. The molecule has 6 nitrogen and oxygen atoms in total. The number of nitrogen functional groups attached to an aromatic ring is 1. The van der Waals surface area contributed by atoms with E-state index < -0.39 is 0 Å². The lowest BCUT2D eigenvalue weighted by Gasteiger charge is -2.05. The van der Waals surface area contributed by atoms with Crippen LogP contribution in [0.4, 0.5) is 5.95 Å². The first-order chi connectivity index (χ1) is 9.54. The van der Waals surface area contributed by atoms with Crippen LogP contribution in [0.5, 0.6) is 0 Å². The predicted octanol–water partition coefficient (Wildman–Crippen LogP) is 1.55. The maximum Gasteiger partial charge on any atom is 0.277 e. The van der Waals surface area contributed by atoms with Crippen LogP contribution in [0, 0.1) is 6.92 Å². The van der Waals surface area contributed by atoms with Gasteiger partial charge in [0.05, 0.1) is 5.69 Å². The molecule has 0 aliphatic rings. The van der Waals surface area contributed by atoms with Crippen molar-refractivity contribution in [3.05, 3.63) is 56.5 Å². The van der Waals surface area contributed by atoms with E-state index in [0.29, 0.717) is 22.7 Å². The van der Waals surface area contributed by atoms with Crippen LogP contribution in [-0.2, 0) is 6.42 Å². The average molecular weight is 290 g/mol. The molecule has 0 saturated carbocycles. The smallest absolute Gasteiger partial charge is 0.277 e. The minimum Gasteiger partial charge on any atom is -0.368 e. The van der Waals surface area contributed by atoms with Crippen molar-refractivity contribution in [2.24, 2.45) is 0 Å². The van der Waals surface area contributed by atoms with Crippen LogP contribution < -0.4 is 11.3 Å². The Balaban J connectivity index is 2.11. The number of nitrogens with two attached hydrogens (primary N) is 1. The SMILES string of the molecule is Cc1nc2nc(N)[nH]n2c(=O)c1Cc1ccc(Cl)cc1. The molecule has 0 bridgehead atoms. The molecular formula is C13H12ClN5O. The summed E-state index contributed by atoms with van der Waals surface area (Å²) in [6, 6.07) is 7.36. The number of H-pyrrole nitrogens is 1. The molecule has 0 atom stereocenters. The van der Waals surface area contributed by atoms with E-state index >= 15 is 0 Å². The highest BCUT2D eigenvalue weighted by molar-refractivity contribution is 6.30. The average Bonchev–Trinajstić information content (AvgIpc) is 2.77. The molecular weight excluding hydrogens is 278 g/mol. The Hall–Kier alpha value is -2.34. The van der Waals surface area contributed by atoms with Gasteiger partial charge in [-0.1, -0.05) is 23.7 Å². The summed E-state index contributed by atoms with van der Waals surface area (Å²) >= 11 is 5.85. The van der Waals surface area contributed by atoms with Crippen molar-refractivity contribution in [1.29, 1.82) is 0 Å². The number of nitrogens with zero attached hydrogens (tertiary/aromatic N) is 3. The van der Waals surface area contributed by atoms with Crippen molar-refractivity contribution in [3.63, 3.8) is 0 Å². The fourth-order valence-electron chi connectivity index (χ4n) is 2.08. The molecule has 2 aromatic heterocycles. The molecule has 3 aromatic rings. The molecule has 0 unspecified atom stereocenters. The van der Waals surface area contributed by atoms with Gasteiger partial charge >= 0.3 is 0 Å². The zero-order valence-corrected chi connectivity index (χ0v) is 11.5. The number of aryl methyl sites for hydroxylation is 1. The number of aromatic nitrogens is 4. The number of fused-ring (bicyclic) bond motifs is 1. The lowest BCUT2D eigenvalue weighted by atomic mass is 10.1. The quantitative estimate of drug-likeness (QED) is 0.749. The van der Waals surface area contributed by atoms with Crippen LogP contribution >= 0.6 is 11.6 Å². The Morgan fingerprint density at radius 1 is 1.30 bits per heavy atom.